The number of hydrogen-bond donors (Lipinski definition) is 1. The summed E-state index contributed by atoms with van der Waals surface area (Å²) in [5.74, 6) is 0.935. The lowest BCUT2D eigenvalue weighted by atomic mass is 9.90. The number of halogens is 4. The first-order valence-corrected chi connectivity index (χ1v) is 10.3. The fourth-order valence-corrected chi connectivity index (χ4v) is 4.81. The molecule has 0 amide bonds. The second-order valence-electron chi connectivity index (χ2n) is 7.54. The maximum atomic E-state index is 12.4. The molecule has 1 saturated carbocycles. The fourth-order valence-electron chi connectivity index (χ4n) is 4.29. The number of anilines is 1. The molecule has 0 spiro atoms. The molecule has 1 saturated heterocycles. The highest BCUT2D eigenvalue weighted by Crippen LogP contribution is 2.34. The van der Waals surface area contributed by atoms with Crippen molar-refractivity contribution in [3.05, 3.63) is 22.5 Å². The topological polar surface area (TPSA) is 74.3 Å². The second kappa shape index (κ2) is 8.13. The summed E-state index contributed by atoms with van der Waals surface area (Å²) >= 11 is 3.54. The summed E-state index contributed by atoms with van der Waals surface area (Å²) in [7, 11) is 0. The van der Waals surface area contributed by atoms with Crippen LogP contribution in [0.25, 0.3) is 11.0 Å². The first-order chi connectivity index (χ1) is 13.8. The van der Waals surface area contributed by atoms with Crippen LogP contribution in [0.15, 0.2) is 21.2 Å². The molecule has 2 aliphatic rings. The molecule has 1 atom stereocenters. The van der Waals surface area contributed by atoms with Crippen LogP contribution in [-0.2, 0) is 4.74 Å². The van der Waals surface area contributed by atoms with E-state index >= 15 is 0 Å². The Morgan fingerprint density at radius 1 is 1.28 bits per heavy atom. The average Bonchev–Trinajstić information content (AvgIpc) is 3.30. The third kappa shape index (κ3) is 4.68. The van der Waals surface area contributed by atoms with Crippen LogP contribution in [0.1, 0.15) is 37.9 Å². The van der Waals surface area contributed by atoms with Crippen LogP contribution in [-0.4, -0.2) is 47.5 Å². The molecule has 6 nitrogen and oxygen atoms in total. The van der Waals surface area contributed by atoms with E-state index in [1.807, 2.05) is 6.07 Å². The van der Waals surface area contributed by atoms with Crippen LogP contribution < -0.4 is 5.32 Å². The molecule has 0 aromatic carbocycles. The van der Waals surface area contributed by atoms with Crippen LogP contribution in [0.2, 0.25) is 0 Å². The Kier molecular flexibility index (Phi) is 5.73. The lowest BCUT2D eigenvalue weighted by Crippen LogP contribution is -2.40. The molecular weight excluding hydrogens is 453 g/mol. The van der Waals surface area contributed by atoms with E-state index in [4.69, 9.17) is 9.68 Å². The zero-order valence-electron chi connectivity index (χ0n) is 15.5. The smallest absolute Gasteiger partial charge is 0.444 e. The van der Waals surface area contributed by atoms with Gasteiger partial charge < -0.3 is 9.73 Å². The number of nitrogens with one attached hydrogen (secondary N) is 1. The van der Waals surface area contributed by atoms with Gasteiger partial charge >= 0.3 is 6.36 Å². The van der Waals surface area contributed by atoms with Gasteiger partial charge in [-0.3, -0.25) is 9.64 Å². The van der Waals surface area contributed by atoms with E-state index in [1.165, 1.54) is 0 Å². The number of pyridine rings is 1. The average molecular weight is 473 g/mol. The Hall–Kier alpha value is -1.83. The SMILES string of the molecule is N#Cc1cc2c(Br)c(NC3CCC(N4CCC(OC(F)(F)F)C4)CC3)ncc2o1. The molecule has 1 N–H and O–H groups in total. The van der Waals surface area contributed by atoms with Crippen molar-refractivity contribution in [3.63, 3.8) is 0 Å². The molecule has 2 aromatic heterocycles. The van der Waals surface area contributed by atoms with Crippen LogP contribution >= 0.6 is 15.9 Å². The van der Waals surface area contributed by atoms with Crippen molar-refractivity contribution in [1.82, 2.24) is 9.88 Å². The summed E-state index contributed by atoms with van der Waals surface area (Å²) < 4.78 is 47.5. The van der Waals surface area contributed by atoms with Crippen molar-refractivity contribution in [2.45, 2.75) is 56.7 Å². The monoisotopic (exact) mass is 472 g/mol. The van der Waals surface area contributed by atoms with E-state index in [0.29, 0.717) is 37.0 Å². The van der Waals surface area contributed by atoms with Crippen LogP contribution in [0.4, 0.5) is 19.0 Å². The summed E-state index contributed by atoms with van der Waals surface area (Å²) in [6.07, 6.45) is 0.350. The van der Waals surface area contributed by atoms with E-state index < -0.39 is 12.5 Å². The normalized spacial score (nSPS) is 26.0. The predicted molar refractivity (Wildman–Crippen MR) is 103 cm³/mol. The summed E-state index contributed by atoms with van der Waals surface area (Å²) in [6, 6.07) is 4.18. The number of likely N-dealkylation sites (tertiary alicyclic amines) is 1. The highest BCUT2D eigenvalue weighted by atomic mass is 79.9. The van der Waals surface area contributed by atoms with Gasteiger partial charge in [0.05, 0.1) is 16.8 Å². The van der Waals surface area contributed by atoms with Gasteiger partial charge in [0, 0.05) is 36.6 Å². The van der Waals surface area contributed by atoms with Gasteiger partial charge in [0.1, 0.15) is 11.9 Å². The van der Waals surface area contributed by atoms with Crippen molar-refractivity contribution < 1.29 is 22.3 Å². The summed E-state index contributed by atoms with van der Waals surface area (Å²) in [6.45, 7) is 0.989. The van der Waals surface area contributed by atoms with Gasteiger partial charge in [-0.1, -0.05) is 0 Å². The van der Waals surface area contributed by atoms with E-state index in [2.05, 4.69) is 35.9 Å². The molecule has 156 valence electrons. The van der Waals surface area contributed by atoms with E-state index in [9.17, 15) is 13.2 Å². The van der Waals surface area contributed by atoms with E-state index in [-0.39, 0.29) is 11.8 Å². The Morgan fingerprint density at radius 2 is 2.03 bits per heavy atom. The Labute approximate surface area is 174 Å². The number of nitrogens with zero attached hydrogens (tertiary/aromatic N) is 3. The molecule has 3 heterocycles. The van der Waals surface area contributed by atoms with E-state index in [1.54, 1.807) is 12.3 Å². The van der Waals surface area contributed by atoms with Gasteiger partial charge in [-0.15, -0.1) is 13.2 Å². The number of fused-ring (bicyclic) bond motifs is 1. The largest absolute Gasteiger partial charge is 0.522 e. The molecule has 0 radical (unpaired) electrons. The number of rotatable bonds is 4. The quantitative estimate of drug-likeness (QED) is 0.688. The van der Waals surface area contributed by atoms with Crippen LogP contribution in [0, 0.1) is 11.3 Å². The summed E-state index contributed by atoms with van der Waals surface area (Å²) in [5, 5.41) is 13.2. The Balaban J connectivity index is 1.32. The van der Waals surface area contributed by atoms with Crippen LogP contribution in [0.5, 0.6) is 0 Å². The molecule has 10 heteroatoms. The maximum absolute atomic E-state index is 12.4. The van der Waals surface area contributed by atoms with Gasteiger partial charge in [-0.25, -0.2) is 4.98 Å². The maximum Gasteiger partial charge on any atom is 0.522 e. The van der Waals surface area contributed by atoms with Crippen molar-refractivity contribution >= 4 is 32.7 Å². The number of furan rings is 1. The van der Waals surface area contributed by atoms with Gasteiger partial charge in [-0.05, 0) is 48.0 Å². The zero-order valence-corrected chi connectivity index (χ0v) is 17.1. The molecule has 1 unspecified atom stereocenters. The number of nitriles is 1. The molecule has 2 aromatic rings. The molecular formula is C19H20BrF3N4O2. The van der Waals surface area contributed by atoms with Crippen molar-refractivity contribution in [3.8, 4) is 6.07 Å². The van der Waals surface area contributed by atoms with Gasteiger partial charge in [0.2, 0.25) is 5.76 Å². The third-order valence-electron chi connectivity index (χ3n) is 5.66. The molecule has 0 bridgehead atoms. The lowest BCUT2D eigenvalue weighted by Gasteiger charge is -2.35. The molecule has 1 aliphatic carbocycles. The summed E-state index contributed by atoms with van der Waals surface area (Å²) in [4.78, 5) is 6.52. The standard InChI is InChI=1S/C19H20BrF3N4O2/c20-17-15-7-14(8-24)28-16(15)9-25-18(17)26-11-1-3-12(4-2-11)27-6-5-13(10-27)29-19(21,22)23/h7,9,11-13H,1-6,10H2,(H,25,26). The summed E-state index contributed by atoms with van der Waals surface area (Å²) in [5.41, 5.74) is 0.548. The van der Waals surface area contributed by atoms with Crippen molar-refractivity contribution in [2.24, 2.45) is 0 Å². The molecule has 1 aliphatic heterocycles. The Bertz CT molecular complexity index is 919. The second-order valence-corrected chi connectivity index (χ2v) is 8.33. The number of alkyl halides is 3. The van der Waals surface area contributed by atoms with E-state index in [0.717, 1.165) is 35.5 Å². The zero-order chi connectivity index (χ0) is 20.6. The molecule has 4 rings (SSSR count). The van der Waals surface area contributed by atoms with Gasteiger partial charge in [0.25, 0.3) is 0 Å². The third-order valence-corrected chi connectivity index (χ3v) is 6.46. The number of aromatic nitrogens is 1. The van der Waals surface area contributed by atoms with Crippen molar-refractivity contribution in [2.75, 3.05) is 18.4 Å². The minimum absolute atomic E-state index is 0.235. The lowest BCUT2D eigenvalue weighted by molar-refractivity contribution is -0.340. The first-order valence-electron chi connectivity index (χ1n) is 9.55. The molecule has 2 fully saturated rings. The predicted octanol–water partition coefficient (Wildman–Crippen LogP) is 4.80. The first kappa shape index (κ1) is 20.4. The van der Waals surface area contributed by atoms with Crippen LogP contribution in [0.3, 0.4) is 0 Å². The Morgan fingerprint density at radius 3 is 2.72 bits per heavy atom. The fraction of sp³-hybridized carbons (Fsp3) is 0.579. The highest BCUT2D eigenvalue weighted by Gasteiger charge is 2.38. The van der Waals surface area contributed by atoms with Gasteiger partial charge in [-0.2, -0.15) is 5.26 Å². The number of hydrogen-bond acceptors (Lipinski definition) is 6. The minimum atomic E-state index is -4.56. The van der Waals surface area contributed by atoms with Gasteiger partial charge in [0.15, 0.2) is 5.58 Å². The van der Waals surface area contributed by atoms with Crippen molar-refractivity contribution in [1.29, 1.82) is 5.26 Å². The molecule has 29 heavy (non-hydrogen) atoms. The minimum Gasteiger partial charge on any atom is -0.444 e. The highest BCUT2D eigenvalue weighted by molar-refractivity contribution is 9.10. The number of ether oxygens (including phenoxy) is 1.